The highest BCUT2D eigenvalue weighted by Gasteiger charge is 2.30. The van der Waals surface area contributed by atoms with Gasteiger partial charge in [-0.1, -0.05) is 24.3 Å². The molecule has 0 unspecified atom stereocenters. The SMILES string of the molecule is COc1cc([C@@H](O)[C@@H](CC2Cc3ccccc3C2)Cn2ccc(CCC(=O)NS(C)(=O)=O)c2)cc(OC)c1C. The number of aliphatic hydroxyl groups excluding tert-OH is 1. The molecule has 3 aromatic rings. The second-order valence-electron chi connectivity index (χ2n) is 10.5. The van der Waals surface area contributed by atoms with Crippen molar-refractivity contribution in [3.05, 3.63) is 82.7 Å². The van der Waals surface area contributed by atoms with Crippen LogP contribution in [0.2, 0.25) is 0 Å². The number of benzene rings is 2. The van der Waals surface area contributed by atoms with Gasteiger partial charge < -0.3 is 19.1 Å². The van der Waals surface area contributed by atoms with Gasteiger partial charge in [0.25, 0.3) is 0 Å². The first-order valence-corrected chi connectivity index (χ1v) is 15.1. The summed E-state index contributed by atoms with van der Waals surface area (Å²) in [4.78, 5) is 11.9. The molecule has 1 aliphatic rings. The summed E-state index contributed by atoms with van der Waals surface area (Å²) < 4.78 is 37.8. The molecule has 0 saturated carbocycles. The van der Waals surface area contributed by atoms with Crippen LogP contribution in [0.5, 0.6) is 11.5 Å². The molecule has 8 nitrogen and oxygen atoms in total. The number of aryl methyl sites for hydroxylation is 1. The van der Waals surface area contributed by atoms with Crippen LogP contribution in [0.15, 0.2) is 54.9 Å². The van der Waals surface area contributed by atoms with Crippen LogP contribution in [0.3, 0.4) is 0 Å². The van der Waals surface area contributed by atoms with Gasteiger partial charge in [0.2, 0.25) is 15.9 Å². The Morgan fingerprint density at radius 2 is 1.72 bits per heavy atom. The van der Waals surface area contributed by atoms with Gasteiger partial charge in [0.05, 0.1) is 26.6 Å². The number of methoxy groups -OCH3 is 2. The highest BCUT2D eigenvalue weighted by atomic mass is 32.2. The number of rotatable bonds is 12. The predicted molar refractivity (Wildman–Crippen MR) is 150 cm³/mol. The van der Waals surface area contributed by atoms with E-state index in [1.54, 1.807) is 14.2 Å². The molecule has 0 fully saturated rings. The zero-order valence-corrected chi connectivity index (χ0v) is 23.8. The third-order valence-corrected chi connectivity index (χ3v) is 8.13. The molecule has 1 aliphatic carbocycles. The number of hydrogen-bond acceptors (Lipinski definition) is 6. The first-order chi connectivity index (χ1) is 18.6. The Labute approximate surface area is 231 Å². The van der Waals surface area contributed by atoms with Gasteiger partial charge in [0.15, 0.2) is 0 Å². The van der Waals surface area contributed by atoms with E-state index in [-0.39, 0.29) is 12.3 Å². The fraction of sp³-hybridized carbons (Fsp3) is 0.433. The molecule has 2 aromatic carbocycles. The summed E-state index contributed by atoms with van der Waals surface area (Å²) >= 11 is 0. The van der Waals surface area contributed by atoms with Crippen LogP contribution in [0.1, 0.15) is 46.8 Å². The standard InChI is InChI=1S/C30H38N2O6S/c1-20-27(37-2)16-25(17-28(20)38-3)30(34)26(15-22-13-23-7-5-6-8-24(23)14-22)19-32-12-11-21(18-32)9-10-29(33)31-39(4,35)36/h5-8,11-12,16-18,22,26,30,34H,9-10,13-15,19H2,1-4H3,(H,31,33)/t26-,30+/m0/s1. The molecule has 39 heavy (non-hydrogen) atoms. The number of nitrogens with one attached hydrogen (secondary N) is 1. The van der Waals surface area contributed by atoms with Gasteiger partial charge in [0, 0.05) is 36.8 Å². The number of carbonyl (C=O) groups excluding carboxylic acids is 1. The van der Waals surface area contributed by atoms with Crippen molar-refractivity contribution in [1.82, 2.24) is 9.29 Å². The van der Waals surface area contributed by atoms with E-state index in [1.807, 2.05) is 46.8 Å². The number of hydrogen-bond donors (Lipinski definition) is 2. The van der Waals surface area contributed by atoms with E-state index in [0.29, 0.717) is 30.4 Å². The minimum Gasteiger partial charge on any atom is -0.496 e. The molecule has 2 N–H and O–H groups in total. The van der Waals surface area contributed by atoms with E-state index in [9.17, 15) is 18.3 Å². The summed E-state index contributed by atoms with van der Waals surface area (Å²) in [7, 11) is -0.341. The van der Waals surface area contributed by atoms with Crippen LogP contribution in [-0.2, 0) is 40.6 Å². The van der Waals surface area contributed by atoms with Crippen LogP contribution in [0.25, 0.3) is 0 Å². The quantitative estimate of drug-likeness (QED) is 0.351. The molecule has 9 heteroatoms. The minimum absolute atomic E-state index is 0.0758. The average Bonchev–Trinajstić information content (AvgIpc) is 3.52. The van der Waals surface area contributed by atoms with Crippen LogP contribution < -0.4 is 14.2 Å². The van der Waals surface area contributed by atoms with Crippen molar-refractivity contribution in [1.29, 1.82) is 0 Å². The Kier molecular flexibility index (Phi) is 9.02. The fourth-order valence-electron chi connectivity index (χ4n) is 5.64. The van der Waals surface area contributed by atoms with Gasteiger partial charge in [-0.15, -0.1) is 0 Å². The number of sulfonamides is 1. The molecular weight excluding hydrogens is 516 g/mol. The number of aliphatic hydroxyl groups is 1. The van der Waals surface area contributed by atoms with Crippen LogP contribution in [0.4, 0.5) is 0 Å². The van der Waals surface area contributed by atoms with Gasteiger partial charge in [0.1, 0.15) is 11.5 Å². The minimum atomic E-state index is -3.57. The van der Waals surface area contributed by atoms with Crippen molar-refractivity contribution in [3.8, 4) is 11.5 Å². The first-order valence-electron chi connectivity index (χ1n) is 13.2. The Hall–Kier alpha value is -3.30. The lowest BCUT2D eigenvalue weighted by Gasteiger charge is -2.27. The van der Waals surface area contributed by atoms with E-state index in [1.165, 1.54) is 11.1 Å². The topological polar surface area (TPSA) is 107 Å². The summed E-state index contributed by atoms with van der Waals surface area (Å²) in [5, 5.41) is 11.7. The van der Waals surface area contributed by atoms with Gasteiger partial charge in [-0.3, -0.25) is 9.52 Å². The number of carbonyl (C=O) groups is 1. The van der Waals surface area contributed by atoms with Crippen LogP contribution in [-0.4, -0.2) is 44.5 Å². The third-order valence-electron chi connectivity index (χ3n) is 7.53. The lowest BCUT2D eigenvalue weighted by Crippen LogP contribution is -2.29. The van der Waals surface area contributed by atoms with Gasteiger partial charge >= 0.3 is 0 Å². The molecule has 4 rings (SSSR count). The number of amides is 1. The van der Waals surface area contributed by atoms with Crippen molar-refractivity contribution >= 4 is 15.9 Å². The smallest absolute Gasteiger partial charge is 0.233 e. The lowest BCUT2D eigenvalue weighted by molar-refractivity contribution is -0.119. The molecule has 0 radical (unpaired) electrons. The van der Waals surface area contributed by atoms with Crippen molar-refractivity contribution in [2.75, 3.05) is 20.5 Å². The fourth-order valence-corrected chi connectivity index (χ4v) is 6.15. The van der Waals surface area contributed by atoms with Gasteiger partial charge in [-0.2, -0.15) is 0 Å². The first kappa shape index (κ1) is 28.7. The van der Waals surface area contributed by atoms with Gasteiger partial charge in [-0.25, -0.2) is 8.42 Å². The normalized spacial score (nSPS) is 15.0. The Morgan fingerprint density at radius 3 is 2.28 bits per heavy atom. The molecule has 2 atom stereocenters. The Balaban J connectivity index is 1.53. The summed E-state index contributed by atoms with van der Waals surface area (Å²) in [6.07, 6.45) is 7.45. The largest absolute Gasteiger partial charge is 0.496 e. The molecular formula is C30H38N2O6S. The number of fused-ring (bicyclic) bond motifs is 1. The van der Waals surface area contributed by atoms with E-state index in [2.05, 4.69) is 24.3 Å². The summed E-state index contributed by atoms with van der Waals surface area (Å²) in [6.45, 7) is 2.51. The molecule has 0 bridgehead atoms. The lowest BCUT2D eigenvalue weighted by atomic mass is 9.85. The summed E-state index contributed by atoms with van der Waals surface area (Å²) in [6, 6.07) is 14.2. The molecule has 0 spiro atoms. The maximum absolute atomic E-state index is 11.9. The van der Waals surface area contributed by atoms with Crippen LogP contribution >= 0.6 is 0 Å². The highest BCUT2D eigenvalue weighted by molar-refractivity contribution is 7.89. The van der Waals surface area contributed by atoms with E-state index >= 15 is 0 Å². The maximum Gasteiger partial charge on any atom is 0.233 e. The second kappa shape index (κ2) is 12.3. The monoisotopic (exact) mass is 554 g/mol. The third kappa shape index (κ3) is 7.42. The molecule has 1 aromatic heterocycles. The molecule has 210 valence electrons. The van der Waals surface area contributed by atoms with Crippen molar-refractivity contribution in [3.63, 3.8) is 0 Å². The second-order valence-corrected chi connectivity index (χ2v) is 12.3. The van der Waals surface area contributed by atoms with Crippen molar-refractivity contribution in [2.45, 2.75) is 51.7 Å². The number of ether oxygens (including phenoxy) is 2. The van der Waals surface area contributed by atoms with Crippen molar-refractivity contribution < 1.29 is 27.8 Å². The average molecular weight is 555 g/mol. The molecule has 0 aliphatic heterocycles. The highest BCUT2D eigenvalue weighted by Crippen LogP contribution is 2.39. The maximum atomic E-state index is 11.9. The number of aromatic nitrogens is 1. The van der Waals surface area contributed by atoms with E-state index in [0.717, 1.165) is 42.2 Å². The zero-order valence-electron chi connectivity index (χ0n) is 23.0. The van der Waals surface area contributed by atoms with Gasteiger partial charge in [-0.05, 0) is 79.0 Å². The molecule has 1 amide bonds. The summed E-state index contributed by atoms with van der Waals surface area (Å²) in [5.41, 5.74) is 5.32. The van der Waals surface area contributed by atoms with E-state index in [4.69, 9.17) is 9.47 Å². The van der Waals surface area contributed by atoms with Crippen LogP contribution in [0, 0.1) is 18.8 Å². The predicted octanol–water partition coefficient (Wildman–Crippen LogP) is 3.98. The zero-order chi connectivity index (χ0) is 28.2. The summed E-state index contributed by atoms with van der Waals surface area (Å²) in [5.74, 6) is 1.15. The van der Waals surface area contributed by atoms with Crippen molar-refractivity contribution in [2.24, 2.45) is 11.8 Å². The Bertz CT molecular complexity index is 1360. The number of nitrogens with zero attached hydrogens (tertiary/aromatic N) is 1. The molecule has 0 saturated heterocycles. The Morgan fingerprint density at radius 1 is 1.10 bits per heavy atom. The van der Waals surface area contributed by atoms with E-state index < -0.39 is 22.0 Å². The molecule has 1 heterocycles.